The molecule has 0 amide bonds. The molecule has 1 aromatic carbocycles. The molecule has 1 aliphatic carbocycles. The number of carbonyl (C=O) groups excluding carboxylic acids is 1. The molecule has 1 N–H and O–H groups in total. The van der Waals surface area contributed by atoms with Crippen molar-refractivity contribution < 1.29 is 19.4 Å². The van der Waals surface area contributed by atoms with Gasteiger partial charge in [0.1, 0.15) is 0 Å². The maximum atomic E-state index is 11.4. The Balaban J connectivity index is 2.10. The van der Waals surface area contributed by atoms with E-state index in [2.05, 4.69) is 0 Å². The van der Waals surface area contributed by atoms with Gasteiger partial charge in [-0.25, -0.2) is 4.79 Å². The van der Waals surface area contributed by atoms with Gasteiger partial charge in [-0.05, 0) is 30.9 Å². The lowest BCUT2D eigenvalue weighted by molar-refractivity contribution is -0.153. The molecular weight excluding hydrogens is 232 g/mol. The molecule has 1 fully saturated rings. The summed E-state index contributed by atoms with van der Waals surface area (Å²) in [5.41, 5.74) is 1.49. The van der Waals surface area contributed by atoms with Crippen LogP contribution in [-0.4, -0.2) is 24.8 Å². The number of benzene rings is 1. The van der Waals surface area contributed by atoms with E-state index in [0.29, 0.717) is 5.56 Å². The standard InChI is InChI=1S/C14H18O4/c1-3-18-13(16)12(15)10-4-6-11(7-5-10)14(17-2)8-9-14/h4-7,12,15H,3,8-9H2,1-2H3. The minimum absolute atomic E-state index is 0.145. The Hall–Kier alpha value is -1.39. The summed E-state index contributed by atoms with van der Waals surface area (Å²) in [6, 6.07) is 7.29. The lowest BCUT2D eigenvalue weighted by Gasteiger charge is -2.15. The number of carbonyl (C=O) groups is 1. The van der Waals surface area contributed by atoms with Gasteiger partial charge in [0.25, 0.3) is 0 Å². The summed E-state index contributed by atoms with van der Waals surface area (Å²) in [5.74, 6) is -0.613. The molecule has 0 spiro atoms. The third-order valence-electron chi connectivity index (χ3n) is 3.36. The van der Waals surface area contributed by atoms with Gasteiger partial charge in [-0.1, -0.05) is 24.3 Å². The highest BCUT2D eigenvalue weighted by atomic mass is 16.5. The van der Waals surface area contributed by atoms with Crippen LogP contribution in [0.4, 0.5) is 0 Å². The van der Waals surface area contributed by atoms with Crippen LogP contribution in [0.2, 0.25) is 0 Å². The third-order valence-corrected chi connectivity index (χ3v) is 3.36. The second-order valence-corrected chi connectivity index (χ2v) is 4.48. The van der Waals surface area contributed by atoms with E-state index < -0.39 is 12.1 Å². The zero-order valence-corrected chi connectivity index (χ0v) is 10.7. The molecule has 1 atom stereocenters. The second kappa shape index (κ2) is 5.08. The van der Waals surface area contributed by atoms with Crippen molar-refractivity contribution in [3.63, 3.8) is 0 Å². The van der Waals surface area contributed by atoms with Crippen LogP contribution in [0.15, 0.2) is 24.3 Å². The Labute approximate surface area is 107 Å². The van der Waals surface area contributed by atoms with Crippen molar-refractivity contribution in [3.05, 3.63) is 35.4 Å². The van der Waals surface area contributed by atoms with Gasteiger partial charge in [0.2, 0.25) is 0 Å². The van der Waals surface area contributed by atoms with Gasteiger partial charge in [-0.15, -0.1) is 0 Å². The Morgan fingerprint density at radius 3 is 2.44 bits per heavy atom. The fourth-order valence-corrected chi connectivity index (χ4v) is 2.05. The summed E-state index contributed by atoms with van der Waals surface area (Å²) in [5, 5.41) is 9.78. The highest BCUT2D eigenvalue weighted by Crippen LogP contribution is 2.48. The van der Waals surface area contributed by atoms with Gasteiger partial charge in [-0.3, -0.25) is 0 Å². The molecule has 0 aromatic heterocycles. The highest BCUT2D eigenvalue weighted by Gasteiger charge is 2.44. The molecule has 98 valence electrons. The smallest absolute Gasteiger partial charge is 0.339 e. The average Bonchev–Trinajstić information content (AvgIpc) is 3.19. The van der Waals surface area contributed by atoms with E-state index in [9.17, 15) is 9.90 Å². The SMILES string of the molecule is CCOC(=O)C(O)c1ccc(C2(OC)CC2)cc1. The fraction of sp³-hybridized carbons (Fsp3) is 0.500. The van der Waals surface area contributed by atoms with E-state index in [1.807, 2.05) is 12.1 Å². The number of ether oxygens (including phenoxy) is 2. The number of rotatable bonds is 5. The first-order valence-corrected chi connectivity index (χ1v) is 6.13. The highest BCUT2D eigenvalue weighted by molar-refractivity contribution is 5.76. The Morgan fingerprint density at radius 1 is 1.39 bits per heavy atom. The fourth-order valence-electron chi connectivity index (χ4n) is 2.05. The molecule has 0 saturated heterocycles. The van der Waals surface area contributed by atoms with Crippen LogP contribution in [0.25, 0.3) is 0 Å². The molecule has 1 aliphatic rings. The molecule has 0 heterocycles. The van der Waals surface area contributed by atoms with Crippen LogP contribution in [0, 0.1) is 0 Å². The lowest BCUT2D eigenvalue weighted by atomic mass is 10.0. The van der Waals surface area contributed by atoms with Crippen molar-refractivity contribution in [2.45, 2.75) is 31.5 Å². The van der Waals surface area contributed by atoms with Gasteiger partial charge < -0.3 is 14.6 Å². The lowest BCUT2D eigenvalue weighted by Crippen LogP contribution is -2.16. The predicted molar refractivity (Wildman–Crippen MR) is 66.0 cm³/mol. The van der Waals surface area contributed by atoms with Crippen molar-refractivity contribution in [2.75, 3.05) is 13.7 Å². The van der Waals surface area contributed by atoms with E-state index in [-0.39, 0.29) is 12.2 Å². The zero-order chi connectivity index (χ0) is 13.2. The monoisotopic (exact) mass is 250 g/mol. The first-order valence-electron chi connectivity index (χ1n) is 6.13. The number of hydrogen-bond donors (Lipinski definition) is 1. The largest absolute Gasteiger partial charge is 0.464 e. The Bertz CT molecular complexity index is 420. The summed E-state index contributed by atoms with van der Waals surface area (Å²) in [6.07, 6.45) is 0.823. The van der Waals surface area contributed by atoms with E-state index in [4.69, 9.17) is 9.47 Å². The molecule has 4 heteroatoms. The van der Waals surface area contributed by atoms with Gasteiger partial charge in [0.15, 0.2) is 6.10 Å². The number of esters is 1. The summed E-state index contributed by atoms with van der Waals surface area (Å²) in [7, 11) is 1.70. The Morgan fingerprint density at radius 2 is 2.00 bits per heavy atom. The number of methoxy groups -OCH3 is 1. The summed E-state index contributed by atoms with van der Waals surface area (Å²) < 4.78 is 10.2. The van der Waals surface area contributed by atoms with Gasteiger partial charge >= 0.3 is 5.97 Å². The molecule has 1 unspecified atom stereocenters. The van der Waals surface area contributed by atoms with E-state index in [0.717, 1.165) is 18.4 Å². The predicted octanol–water partition coefficient (Wildman–Crippen LogP) is 1.92. The molecule has 0 bridgehead atoms. The zero-order valence-electron chi connectivity index (χ0n) is 10.7. The van der Waals surface area contributed by atoms with Crippen LogP contribution in [0.5, 0.6) is 0 Å². The molecule has 0 radical (unpaired) electrons. The van der Waals surface area contributed by atoms with Crippen LogP contribution in [0.3, 0.4) is 0 Å². The van der Waals surface area contributed by atoms with Crippen LogP contribution >= 0.6 is 0 Å². The molecule has 1 saturated carbocycles. The van der Waals surface area contributed by atoms with Crippen LogP contribution in [-0.2, 0) is 19.9 Å². The van der Waals surface area contributed by atoms with Crippen LogP contribution < -0.4 is 0 Å². The first kappa shape index (κ1) is 13.1. The molecule has 0 aliphatic heterocycles. The molecular formula is C14H18O4. The van der Waals surface area contributed by atoms with Crippen molar-refractivity contribution in [1.29, 1.82) is 0 Å². The molecule has 4 nitrogen and oxygen atoms in total. The van der Waals surface area contributed by atoms with Crippen molar-refractivity contribution in [2.24, 2.45) is 0 Å². The third kappa shape index (κ3) is 2.40. The number of aliphatic hydroxyl groups is 1. The van der Waals surface area contributed by atoms with Crippen molar-refractivity contribution in [1.82, 2.24) is 0 Å². The minimum atomic E-state index is -1.21. The van der Waals surface area contributed by atoms with Gasteiger partial charge in [-0.2, -0.15) is 0 Å². The molecule has 1 aromatic rings. The second-order valence-electron chi connectivity index (χ2n) is 4.48. The van der Waals surface area contributed by atoms with E-state index in [1.54, 1.807) is 26.2 Å². The van der Waals surface area contributed by atoms with Crippen molar-refractivity contribution >= 4 is 5.97 Å². The summed E-state index contributed by atoms with van der Waals surface area (Å²) in [6.45, 7) is 1.98. The van der Waals surface area contributed by atoms with Gasteiger partial charge in [0, 0.05) is 7.11 Å². The van der Waals surface area contributed by atoms with E-state index >= 15 is 0 Å². The normalized spacial score (nSPS) is 18.2. The average molecular weight is 250 g/mol. The maximum absolute atomic E-state index is 11.4. The Kier molecular flexibility index (Phi) is 3.68. The van der Waals surface area contributed by atoms with E-state index in [1.165, 1.54) is 0 Å². The van der Waals surface area contributed by atoms with Gasteiger partial charge in [0.05, 0.1) is 12.2 Å². The minimum Gasteiger partial charge on any atom is -0.464 e. The van der Waals surface area contributed by atoms with Crippen LogP contribution in [0.1, 0.15) is 37.0 Å². The first-order chi connectivity index (χ1) is 8.63. The quantitative estimate of drug-likeness (QED) is 0.811. The topological polar surface area (TPSA) is 55.8 Å². The maximum Gasteiger partial charge on any atom is 0.339 e. The number of hydrogen-bond acceptors (Lipinski definition) is 4. The molecule has 2 rings (SSSR count). The molecule has 18 heavy (non-hydrogen) atoms. The summed E-state index contributed by atoms with van der Waals surface area (Å²) in [4.78, 5) is 11.4. The van der Waals surface area contributed by atoms with Crippen molar-refractivity contribution in [3.8, 4) is 0 Å². The number of aliphatic hydroxyl groups excluding tert-OH is 1. The summed E-state index contributed by atoms with van der Waals surface area (Å²) >= 11 is 0.